The molecule has 2 aromatic rings. The van der Waals surface area contributed by atoms with Gasteiger partial charge in [0.1, 0.15) is 29.8 Å². The Hall–Kier alpha value is -3.75. The number of rotatable bonds is 8. The zero-order chi connectivity index (χ0) is 25.3. The van der Waals surface area contributed by atoms with Gasteiger partial charge in [0, 0.05) is 22.8 Å². The average molecular weight is 519 g/mol. The van der Waals surface area contributed by atoms with Crippen molar-refractivity contribution in [2.75, 3.05) is 5.75 Å². The smallest absolute Gasteiger partial charge is 0.353 e. The number of thiophene rings is 1. The van der Waals surface area contributed by atoms with E-state index in [9.17, 15) is 34.4 Å². The van der Waals surface area contributed by atoms with Crippen LogP contribution in [0, 0.1) is 10.1 Å². The summed E-state index contributed by atoms with van der Waals surface area (Å²) in [6, 6.07) is 6.82. The van der Waals surface area contributed by atoms with E-state index in [1.807, 2.05) is 0 Å². The number of thioether (sulfide) groups is 1. The maximum Gasteiger partial charge on any atom is 0.353 e. The first kappa shape index (κ1) is 24.4. The molecule has 2 aliphatic heterocycles. The van der Waals surface area contributed by atoms with E-state index in [-0.39, 0.29) is 23.6 Å². The van der Waals surface area contributed by atoms with Crippen LogP contribution in [0.1, 0.15) is 16.5 Å². The highest BCUT2D eigenvalue weighted by atomic mass is 32.2. The first-order valence-electron chi connectivity index (χ1n) is 10.1. The van der Waals surface area contributed by atoms with E-state index in [0.29, 0.717) is 10.4 Å². The Kier molecular flexibility index (Phi) is 6.86. The minimum Gasteiger partial charge on any atom is -0.477 e. The largest absolute Gasteiger partial charge is 0.477 e. The summed E-state index contributed by atoms with van der Waals surface area (Å²) in [6.07, 6.45) is 0. The third-order valence-corrected chi connectivity index (χ3v) is 7.60. The number of nitro benzene ring substituents is 1. The van der Waals surface area contributed by atoms with Crippen LogP contribution in [0.5, 0.6) is 0 Å². The van der Waals surface area contributed by atoms with Crippen molar-refractivity contribution in [3.05, 3.63) is 73.6 Å². The van der Waals surface area contributed by atoms with Crippen LogP contribution in [0.2, 0.25) is 0 Å². The number of fused-ring (bicyclic) bond motifs is 1. The molecular weight excluding hydrogens is 500 g/mol. The van der Waals surface area contributed by atoms with Crippen molar-refractivity contribution in [1.29, 1.82) is 0 Å². The number of carbonyl (C=O) groups is 4. The lowest BCUT2D eigenvalue weighted by Crippen LogP contribution is -2.71. The van der Waals surface area contributed by atoms with Crippen molar-refractivity contribution in [3.63, 3.8) is 0 Å². The number of β-lactam (4-membered cyclic amide) rings is 1. The maximum atomic E-state index is 12.7. The van der Waals surface area contributed by atoms with Gasteiger partial charge in [-0.1, -0.05) is 6.07 Å². The first-order chi connectivity index (χ1) is 16.7. The number of hydrogen-bond acceptors (Lipinski definition) is 10. The van der Waals surface area contributed by atoms with Gasteiger partial charge in [-0.2, -0.15) is 0 Å². The second-order valence-electron chi connectivity index (χ2n) is 7.52. The monoisotopic (exact) mass is 518 g/mol. The standard InChI is InChI=1S/C21H18N4O8S2/c22-14(13-2-1-7-34-13)17(26)23-15-18(27)24-16(20(28)29)12(9-35-19(15)24)21(30)33-8-10-3-5-11(6-4-10)25(31)32/h1-7,14-15,19H,8-9,22H2,(H,23,26)(H,28,29)/t14?,15?,19-/m1/s1. The predicted octanol–water partition coefficient (Wildman–Crippen LogP) is 1.14. The molecule has 0 bridgehead atoms. The van der Waals surface area contributed by atoms with Gasteiger partial charge in [-0.3, -0.25) is 24.6 Å². The van der Waals surface area contributed by atoms with Crippen LogP contribution < -0.4 is 11.1 Å². The van der Waals surface area contributed by atoms with Crippen LogP contribution in [-0.4, -0.2) is 55.9 Å². The van der Waals surface area contributed by atoms with E-state index >= 15 is 0 Å². The van der Waals surface area contributed by atoms with Gasteiger partial charge in [0.15, 0.2) is 0 Å². The zero-order valence-electron chi connectivity index (χ0n) is 17.8. The number of ether oxygens (including phenoxy) is 1. The predicted molar refractivity (Wildman–Crippen MR) is 124 cm³/mol. The lowest BCUT2D eigenvalue weighted by molar-refractivity contribution is -0.384. The molecule has 1 aromatic heterocycles. The van der Waals surface area contributed by atoms with E-state index in [0.717, 1.165) is 16.7 Å². The summed E-state index contributed by atoms with van der Waals surface area (Å²) in [7, 11) is 0. The van der Waals surface area contributed by atoms with Crippen molar-refractivity contribution in [2.45, 2.75) is 24.1 Å². The van der Waals surface area contributed by atoms with Crippen molar-refractivity contribution in [1.82, 2.24) is 10.2 Å². The minimum absolute atomic E-state index is 0.0570. The Morgan fingerprint density at radius 1 is 1.29 bits per heavy atom. The number of amides is 2. The summed E-state index contributed by atoms with van der Waals surface area (Å²) >= 11 is 2.41. The van der Waals surface area contributed by atoms with Gasteiger partial charge < -0.3 is 20.9 Å². The number of esters is 1. The first-order valence-corrected chi connectivity index (χ1v) is 12.0. The van der Waals surface area contributed by atoms with Gasteiger partial charge in [-0.05, 0) is 29.1 Å². The normalized spacial score (nSPS) is 19.9. The molecule has 0 radical (unpaired) electrons. The molecule has 3 heterocycles. The Balaban J connectivity index is 1.44. The maximum absolute atomic E-state index is 12.7. The number of nitro groups is 1. The molecule has 3 atom stereocenters. The number of nitrogens with zero attached hydrogens (tertiary/aromatic N) is 2. The van der Waals surface area contributed by atoms with Gasteiger partial charge in [0.25, 0.3) is 11.6 Å². The minimum atomic E-state index is -1.48. The van der Waals surface area contributed by atoms with Crippen LogP contribution in [0.4, 0.5) is 5.69 Å². The highest BCUT2D eigenvalue weighted by molar-refractivity contribution is 8.00. The van der Waals surface area contributed by atoms with Crippen LogP contribution in [-0.2, 0) is 30.5 Å². The molecule has 1 aromatic carbocycles. The number of nitrogens with one attached hydrogen (secondary N) is 1. The van der Waals surface area contributed by atoms with Crippen molar-refractivity contribution >= 4 is 52.5 Å². The molecule has 14 heteroatoms. The molecule has 2 aliphatic rings. The molecule has 0 aliphatic carbocycles. The summed E-state index contributed by atoms with van der Waals surface area (Å²) in [4.78, 5) is 61.5. The molecule has 1 saturated heterocycles. The number of carbonyl (C=O) groups excluding carboxylic acids is 3. The molecule has 182 valence electrons. The topological polar surface area (TPSA) is 182 Å². The number of carboxylic acids is 1. The van der Waals surface area contributed by atoms with E-state index < -0.39 is 51.8 Å². The molecule has 0 spiro atoms. The number of benzene rings is 1. The van der Waals surface area contributed by atoms with Crippen LogP contribution in [0.3, 0.4) is 0 Å². The molecule has 4 rings (SSSR count). The van der Waals surface area contributed by atoms with Crippen LogP contribution in [0.15, 0.2) is 53.0 Å². The Morgan fingerprint density at radius 2 is 2.00 bits per heavy atom. The Bertz CT molecular complexity index is 1230. The van der Waals surface area contributed by atoms with Crippen LogP contribution in [0.25, 0.3) is 0 Å². The average Bonchev–Trinajstić information content (AvgIpc) is 3.39. The van der Waals surface area contributed by atoms with Gasteiger partial charge in [0.05, 0.1) is 10.5 Å². The number of nitrogens with two attached hydrogens (primary N) is 1. The second-order valence-corrected chi connectivity index (χ2v) is 9.61. The third-order valence-electron chi connectivity index (χ3n) is 5.36. The third kappa shape index (κ3) is 4.76. The highest BCUT2D eigenvalue weighted by Crippen LogP contribution is 2.41. The molecule has 0 saturated carbocycles. The van der Waals surface area contributed by atoms with Crippen molar-refractivity contribution in [3.8, 4) is 0 Å². The quantitative estimate of drug-likeness (QED) is 0.198. The lowest BCUT2D eigenvalue weighted by Gasteiger charge is -2.49. The van der Waals surface area contributed by atoms with Gasteiger partial charge in [-0.25, -0.2) is 9.59 Å². The number of hydrogen-bond donors (Lipinski definition) is 3. The van der Waals surface area contributed by atoms with Gasteiger partial charge in [-0.15, -0.1) is 23.1 Å². The zero-order valence-corrected chi connectivity index (χ0v) is 19.4. The number of carboxylic acid groups (broad SMARTS) is 1. The molecule has 4 N–H and O–H groups in total. The summed E-state index contributed by atoms with van der Waals surface area (Å²) in [5.74, 6) is -3.71. The second kappa shape index (κ2) is 9.85. The lowest BCUT2D eigenvalue weighted by atomic mass is 10.0. The SMILES string of the molecule is NC(C(=O)NC1C(=O)N2C(C(=O)O)=C(C(=O)OCc3ccc([N+](=O)[O-])cc3)CS[C@H]12)c1cccs1. The molecule has 1 fully saturated rings. The molecule has 2 unspecified atom stereocenters. The summed E-state index contributed by atoms with van der Waals surface area (Å²) < 4.78 is 5.19. The fourth-order valence-electron chi connectivity index (χ4n) is 3.57. The number of non-ortho nitro benzene ring substituents is 1. The summed E-state index contributed by atoms with van der Waals surface area (Å²) in [6.45, 7) is -0.242. The number of aliphatic carboxylic acids is 1. The van der Waals surface area contributed by atoms with E-state index in [1.165, 1.54) is 35.6 Å². The molecule has 35 heavy (non-hydrogen) atoms. The molecule has 2 amide bonds. The highest BCUT2D eigenvalue weighted by Gasteiger charge is 2.55. The van der Waals surface area contributed by atoms with E-state index in [2.05, 4.69) is 5.32 Å². The molecular formula is C21H18N4O8S2. The summed E-state index contributed by atoms with van der Waals surface area (Å²) in [5, 5.41) is 24.1. The molecule has 12 nitrogen and oxygen atoms in total. The summed E-state index contributed by atoms with van der Waals surface area (Å²) in [5.41, 5.74) is 5.57. The van der Waals surface area contributed by atoms with Gasteiger partial charge >= 0.3 is 11.9 Å². The van der Waals surface area contributed by atoms with E-state index in [4.69, 9.17) is 10.5 Å². The van der Waals surface area contributed by atoms with Crippen molar-refractivity contribution < 1.29 is 33.9 Å². The van der Waals surface area contributed by atoms with Crippen LogP contribution >= 0.6 is 23.1 Å². The fraction of sp³-hybridized carbons (Fsp3) is 0.238. The fourth-order valence-corrected chi connectivity index (χ4v) is 5.62. The van der Waals surface area contributed by atoms with Crippen molar-refractivity contribution in [2.24, 2.45) is 5.73 Å². The van der Waals surface area contributed by atoms with E-state index in [1.54, 1.807) is 17.5 Å². The van der Waals surface area contributed by atoms with Gasteiger partial charge in [0.2, 0.25) is 5.91 Å². The Morgan fingerprint density at radius 3 is 2.60 bits per heavy atom. The Labute approximate surface area is 205 Å².